The number of rotatable bonds is 5. The number of morpholine rings is 1. The van der Waals surface area contributed by atoms with Crippen LogP contribution in [0.4, 0.5) is 23.1 Å². The lowest BCUT2D eigenvalue weighted by molar-refractivity contribution is -0.140. The summed E-state index contributed by atoms with van der Waals surface area (Å²) in [7, 11) is 0. The summed E-state index contributed by atoms with van der Waals surface area (Å²) in [4.78, 5) is 24.8. The lowest BCUT2D eigenvalue weighted by Gasteiger charge is -2.55. The highest BCUT2D eigenvalue weighted by Gasteiger charge is 2.54. The summed E-state index contributed by atoms with van der Waals surface area (Å²) in [6, 6.07) is 9.92. The van der Waals surface area contributed by atoms with Gasteiger partial charge in [0.05, 0.1) is 18.6 Å². The van der Waals surface area contributed by atoms with Crippen LogP contribution in [0.1, 0.15) is 44.2 Å². The van der Waals surface area contributed by atoms with Crippen LogP contribution in [-0.2, 0) is 9.53 Å². The van der Waals surface area contributed by atoms with E-state index in [9.17, 15) is 4.79 Å². The zero-order valence-electron chi connectivity index (χ0n) is 19.3. The summed E-state index contributed by atoms with van der Waals surface area (Å²) < 4.78 is 5.45. The van der Waals surface area contributed by atoms with E-state index in [0.29, 0.717) is 5.95 Å². The molecule has 174 valence electrons. The van der Waals surface area contributed by atoms with Gasteiger partial charge in [-0.3, -0.25) is 4.79 Å². The van der Waals surface area contributed by atoms with Crippen molar-refractivity contribution < 1.29 is 9.53 Å². The summed E-state index contributed by atoms with van der Waals surface area (Å²) in [5, 5.41) is 6.56. The fourth-order valence-corrected chi connectivity index (χ4v) is 6.98. The lowest BCUT2D eigenvalue weighted by Crippen LogP contribution is -2.51. The second-order valence-electron chi connectivity index (χ2n) is 10.6. The average molecular weight is 448 g/mol. The third-order valence-electron chi connectivity index (χ3n) is 8.09. The van der Waals surface area contributed by atoms with Crippen molar-refractivity contribution in [2.24, 2.45) is 23.2 Å². The highest BCUT2D eigenvalue weighted by Crippen LogP contribution is 2.60. The number of aryl methyl sites for hydroxylation is 1. The summed E-state index contributed by atoms with van der Waals surface area (Å²) >= 11 is 0. The molecule has 0 unspecified atom stereocenters. The molecule has 1 aromatic heterocycles. The van der Waals surface area contributed by atoms with E-state index in [1.54, 1.807) is 0 Å². The maximum atomic E-state index is 13.3. The van der Waals surface area contributed by atoms with E-state index < -0.39 is 0 Å². The summed E-state index contributed by atoms with van der Waals surface area (Å²) in [5.74, 6) is 4.05. The Morgan fingerprint density at radius 1 is 0.970 bits per heavy atom. The van der Waals surface area contributed by atoms with Gasteiger partial charge >= 0.3 is 0 Å². The van der Waals surface area contributed by atoms with Crippen molar-refractivity contribution in [2.45, 2.75) is 45.4 Å². The molecule has 1 saturated heterocycles. The number of nitrogens with zero attached hydrogens (tertiary/aromatic N) is 3. The first-order chi connectivity index (χ1) is 16.0. The van der Waals surface area contributed by atoms with Crippen LogP contribution < -0.4 is 15.5 Å². The molecule has 4 aliphatic carbocycles. The van der Waals surface area contributed by atoms with Gasteiger partial charge in [0.2, 0.25) is 11.9 Å². The first-order valence-electron chi connectivity index (χ1n) is 12.4. The van der Waals surface area contributed by atoms with Crippen molar-refractivity contribution in [3.8, 4) is 0 Å². The van der Waals surface area contributed by atoms with Gasteiger partial charge in [0.1, 0.15) is 5.82 Å². The smallest absolute Gasteiger partial charge is 0.230 e. The molecule has 1 aromatic carbocycles. The third-order valence-corrected chi connectivity index (χ3v) is 8.09. The minimum absolute atomic E-state index is 0.128. The van der Waals surface area contributed by atoms with Crippen LogP contribution in [0.15, 0.2) is 30.3 Å². The monoisotopic (exact) mass is 447 g/mol. The van der Waals surface area contributed by atoms with Crippen LogP contribution in [0.3, 0.4) is 0 Å². The average Bonchev–Trinajstić information content (AvgIpc) is 2.80. The quantitative estimate of drug-likeness (QED) is 0.702. The number of amides is 1. The number of carbonyl (C=O) groups is 1. The molecular weight excluding hydrogens is 414 g/mol. The Morgan fingerprint density at radius 3 is 2.21 bits per heavy atom. The predicted molar refractivity (Wildman–Crippen MR) is 129 cm³/mol. The zero-order valence-corrected chi connectivity index (χ0v) is 19.3. The highest BCUT2D eigenvalue weighted by atomic mass is 16.5. The molecule has 1 aliphatic heterocycles. The van der Waals surface area contributed by atoms with Gasteiger partial charge in [-0.1, -0.05) is 0 Å². The van der Waals surface area contributed by atoms with E-state index in [-0.39, 0.29) is 11.3 Å². The molecule has 5 aliphatic rings. The van der Waals surface area contributed by atoms with Crippen LogP contribution in [-0.4, -0.2) is 42.2 Å². The molecule has 0 atom stereocenters. The van der Waals surface area contributed by atoms with E-state index >= 15 is 0 Å². The molecule has 0 radical (unpaired) electrons. The molecule has 2 heterocycles. The maximum absolute atomic E-state index is 13.3. The fraction of sp³-hybridized carbons (Fsp3) is 0.577. The van der Waals surface area contributed by atoms with Crippen LogP contribution in [0.5, 0.6) is 0 Å². The Bertz CT molecular complexity index is 996. The van der Waals surface area contributed by atoms with Gasteiger partial charge in [0.25, 0.3) is 0 Å². The standard InChI is InChI=1S/C26H33N5O2/c1-17-10-23(31-6-8-33-9-7-31)30-25(27-17)29-22-4-2-21(3-5-22)28-24(32)26-14-18-11-19(15-26)13-20(12-18)16-26/h2-5,10,18-20H,6-9,11-16H2,1H3,(H,28,32)(H,27,29,30). The van der Waals surface area contributed by atoms with Gasteiger partial charge in [-0.15, -0.1) is 0 Å². The van der Waals surface area contributed by atoms with Gasteiger partial charge in [0, 0.05) is 36.2 Å². The number of anilines is 4. The summed E-state index contributed by atoms with van der Waals surface area (Å²) in [6.07, 6.45) is 7.30. The molecule has 7 heteroatoms. The molecule has 2 N–H and O–H groups in total. The van der Waals surface area contributed by atoms with Crippen molar-refractivity contribution in [1.82, 2.24) is 9.97 Å². The van der Waals surface area contributed by atoms with Crippen molar-refractivity contribution in [1.29, 1.82) is 0 Å². The number of nitrogens with one attached hydrogen (secondary N) is 2. The Morgan fingerprint density at radius 2 is 1.58 bits per heavy atom. The second kappa shape index (κ2) is 8.28. The number of benzene rings is 1. The van der Waals surface area contributed by atoms with E-state index in [0.717, 1.165) is 86.2 Å². The van der Waals surface area contributed by atoms with Crippen LogP contribution >= 0.6 is 0 Å². The van der Waals surface area contributed by atoms with Gasteiger partial charge in [0.15, 0.2) is 0 Å². The number of aromatic nitrogens is 2. The fourth-order valence-electron chi connectivity index (χ4n) is 6.98. The minimum atomic E-state index is -0.128. The molecule has 0 spiro atoms. The van der Waals surface area contributed by atoms with Crippen LogP contribution in [0.2, 0.25) is 0 Å². The molecule has 7 rings (SSSR count). The number of carbonyl (C=O) groups excluding carboxylic acids is 1. The SMILES string of the molecule is Cc1cc(N2CCOCC2)nc(Nc2ccc(NC(=O)C34CC5CC(CC(C5)C3)C4)cc2)n1. The number of hydrogen-bond donors (Lipinski definition) is 2. The predicted octanol–water partition coefficient (Wildman–Crippen LogP) is 4.52. The van der Waals surface area contributed by atoms with Crippen LogP contribution in [0, 0.1) is 30.1 Å². The molecule has 1 amide bonds. The first-order valence-corrected chi connectivity index (χ1v) is 12.4. The van der Waals surface area contributed by atoms with E-state index in [4.69, 9.17) is 9.72 Å². The van der Waals surface area contributed by atoms with Crippen LogP contribution in [0.25, 0.3) is 0 Å². The Hall–Kier alpha value is -2.67. The second-order valence-corrected chi connectivity index (χ2v) is 10.6. The zero-order chi connectivity index (χ0) is 22.4. The largest absolute Gasteiger partial charge is 0.378 e. The Labute approximate surface area is 195 Å². The molecule has 2 aromatic rings. The van der Waals surface area contributed by atoms with Crippen molar-refractivity contribution in [2.75, 3.05) is 41.8 Å². The van der Waals surface area contributed by atoms with E-state index in [1.807, 2.05) is 37.3 Å². The van der Waals surface area contributed by atoms with Gasteiger partial charge < -0.3 is 20.3 Å². The molecule has 4 saturated carbocycles. The summed E-state index contributed by atoms with van der Waals surface area (Å²) in [6.45, 7) is 5.12. The van der Waals surface area contributed by atoms with Gasteiger partial charge in [-0.2, -0.15) is 4.98 Å². The Balaban J connectivity index is 1.12. The molecule has 7 nitrogen and oxygen atoms in total. The van der Waals surface area contributed by atoms with Gasteiger partial charge in [-0.25, -0.2) is 4.98 Å². The van der Waals surface area contributed by atoms with Crippen molar-refractivity contribution in [3.05, 3.63) is 36.0 Å². The van der Waals surface area contributed by atoms with Crippen molar-refractivity contribution in [3.63, 3.8) is 0 Å². The lowest BCUT2D eigenvalue weighted by atomic mass is 9.49. The maximum Gasteiger partial charge on any atom is 0.230 e. The van der Waals surface area contributed by atoms with E-state index in [1.165, 1.54) is 19.3 Å². The highest BCUT2D eigenvalue weighted by molar-refractivity contribution is 5.95. The Kier molecular flexibility index (Phi) is 5.24. The topological polar surface area (TPSA) is 79.4 Å². The van der Waals surface area contributed by atoms with Gasteiger partial charge in [-0.05, 0) is 87.5 Å². The molecular formula is C26H33N5O2. The van der Waals surface area contributed by atoms with Crippen molar-refractivity contribution >= 4 is 29.0 Å². The molecule has 4 bridgehead atoms. The number of ether oxygens (including phenoxy) is 1. The molecule has 5 fully saturated rings. The van der Waals surface area contributed by atoms with E-state index in [2.05, 4.69) is 20.5 Å². The normalized spacial score (nSPS) is 30.3. The number of hydrogen-bond acceptors (Lipinski definition) is 6. The summed E-state index contributed by atoms with van der Waals surface area (Å²) in [5.41, 5.74) is 2.56. The molecule has 33 heavy (non-hydrogen) atoms. The minimum Gasteiger partial charge on any atom is -0.378 e. The first kappa shape index (κ1) is 20.9. The third kappa shape index (κ3) is 4.19.